The highest BCUT2D eigenvalue weighted by molar-refractivity contribution is 6.32. The van der Waals surface area contributed by atoms with Crippen molar-refractivity contribution in [1.82, 2.24) is 0 Å². The van der Waals surface area contributed by atoms with Crippen LogP contribution in [0, 0.1) is 0 Å². The molecule has 4 N–H and O–H groups in total. The molecular formula is C30H30Cl2O4. The van der Waals surface area contributed by atoms with Gasteiger partial charge in [0.2, 0.25) is 0 Å². The summed E-state index contributed by atoms with van der Waals surface area (Å²) in [6.45, 7) is 8.29. The third-order valence-corrected chi connectivity index (χ3v) is 7.12. The first-order valence-electron chi connectivity index (χ1n) is 11.4. The van der Waals surface area contributed by atoms with Gasteiger partial charge in [0, 0.05) is 10.8 Å². The van der Waals surface area contributed by atoms with Crippen LogP contribution < -0.4 is 0 Å². The summed E-state index contributed by atoms with van der Waals surface area (Å²) < 4.78 is 0. The zero-order valence-corrected chi connectivity index (χ0v) is 22.1. The largest absolute Gasteiger partial charge is 0.508 e. The smallest absolute Gasteiger partial charge is 0.134 e. The van der Waals surface area contributed by atoms with Crippen LogP contribution in [0.4, 0.5) is 0 Å². The van der Waals surface area contributed by atoms with Crippen LogP contribution in [0.5, 0.6) is 23.0 Å². The third-order valence-electron chi connectivity index (χ3n) is 6.52. The van der Waals surface area contributed by atoms with Gasteiger partial charge >= 0.3 is 0 Å². The maximum atomic E-state index is 9.47. The molecule has 0 aromatic heterocycles. The van der Waals surface area contributed by atoms with Gasteiger partial charge in [-0.1, -0.05) is 87.3 Å². The summed E-state index contributed by atoms with van der Waals surface area (Å²) in [6.07, 6.45) is 0. The van der Waals surface area contributed by atoms with E-state index in [2.05, 4.69) is 13.8 Å². The quantitative estimate of drug-likeness (QED) is 0.217. The lowest BCUT2D eigenvalue weighted by Gasteiger charge is -2.26. The van der Waals surface area contributed by atoms with E-state index < -0.39 is 0 Å². The average molecular weight is 525 g/mol. The zero-order valence-electron chi connectivity index (χ0n) is 20.6. The molecule has 6 heteroatoms. The third kappa shape index (κ3) is 6.07. The number of rotatable bonds is 4. The molecule has 0 saturated carbocycles. The summed E-state index contributed by atoms with van der Waals surface area (Å²) in [7, 11) is 0. The number of hydrogen-bond acceptors (Lipinski definition) is 4. The fourth-order valence-electron chi connectivity index (χ4n) is 3.88. The van der Waals surface area contributed by atoms with Gasteiger partial charge in [-0.25, -0.2) is 0 Å². The molecule has 36 heavy (non-hydrogen) atoms. The van der Waals surface area contributed by atoms with Gasteiger partial charge in [-0.05, 0) is 70.8 Å². The Labute approximate surface area is 222 Å². The van der Waals surface area contributed by atoms with E-state index in [-0.39, 0.29) is 33.8 Å². The van der Waals surface area contributed by atoms with E-state index in [0.717, 1.165) is 22.3 Å². The molecule has 0 radical (unpaired) electrons. The molecule has 0 saturated heterocycles. The molecule has 4 rings (SSSR count). The Balaban J connectivity index is 0.000000202. The molecule has 0 aliphatic heterocycles. The summed E-state index contributed by atoms with van der Waals surface area (Å²) in [5, 5.41) is 38.2. The van der Waals surface area contributed by atoms with E-state index in [1.54, 1.807) is 48.5 Å². The van der Waals surface area contributed by atoms with Gasteiger partial charge in [-0.15, -0.1) is 0 Å². The molecule has 4 aromatic rings. The van der Waals surface area contributed by atoms with Crippen molar-refractivity contribution in [2.24, 2.45) is 0 Å². The predicted octanol–water partition coefficient (Wildman–Crippen LogP) is 8.15. The topological polar surface area (TPSA) is 80.9 Å². The standard InChI is InChI=1S/C15H14Cl2O2.C15H16O2/c1-15(2,9-3-5-13(18)11(16)7-9)10-4-6-14(19)12(17)8-10;1-15(2,11-3-7-13(16)8-4-11)12-5-9-14(17)10-6-12/h3-8,18-19H,1-2H3;3-10,16-17H,1-2H3. The van der Waals surface area contributed by atoms with Crippen LogP contribution >= 0.6 is 23.2 Å². The highest BCUT2D eigenvalue weighted by atomic mass is 35.5. The van der Waals surface area contributed by atoms with Gasteiger partial charge in [-0.2, -0.15) is 0 Å². The second kappa shape index (κ2) is 10.7. The number of benzene rings is 4. The fourth-order valence-corrected chi connectivity index (χ4v) is 4.24. The molecule has 0 bridgehead atoms. The van der Waals surface area contributed by atoms with E-state index in [4.69, 9.17) is 23.2 Å². The maximum absolute atomic E-state index is 9.47. The van der Waals surface area contributed by atoms with Crippen molar-refractivity contribution in [3.05, 3.63) is 117 Å². The molecule has 0 aliphatic carbocycles. The van der Waals surface area contributed by atoms with Gasteiger partial charge in [0.1, 0.15) is 23.0 Å². The van der Waals surface area contributed by atoms with Gasteiger partial charge < -0.3 is 20.4 Å². The first-order valence-corrected chi connectivity index (χ1v) is 12.1. The summed E-state index contributed by atoms with van der Waals surface area (Å²) in [5.41, 5.74) is 3.67. The Hall–Kier alpha value is -3.34. The Morgan fingerprint density at radius 3 is 1.03 bits per heavy atom. The first-order chi connectivity index (χ1) is 16.8. The Kier molecular flexibility index (Phi) is 8.12. The van der Waals surface area contributed by atoms with E-state index >= 15 is 0 Å². The van der Waals surface area contributed by atoms with Crippen molar-refractivity contribution in [3.8, 4) is 23.0 Å². The highest BCUT2D eigenvalue weighted by Crippen LogP contribution is 2.38. The minimum absolute atomic E-state index is 0.0601. The van der Waals surface area contributed by atoms with Crippen molar-refractivity contribution in [2.75, 3.05) is 0 Å². The van der Waals surface area contributed by atoms with Crippen LogP contribution in [-0.2, 0) is 10.8 Å². The molecule has 0 fully saturated rings. The van der Waals surface area contributed by atoms with Crippen molar-refractivity contribution >= 4 is 23.2 Å². The summed E-state index contributed by atoms with van der Waals surface area (Å²) in [6, 6.07) is 24.7. The monoisotopic (exact) mass is 524 g/mol. The fraction of sp³-hybridized carbons (Fsp3) is 0.200. The van der Waals surface area contributed by atoms with Gasteiger partial charge in [0.05, 0.1) is 10.0 Å². The summed E-state index contributed by atoms with van der Waals surface area (Å²) >= 11 is 11.9. The van der Waals surface area contributed by atoms with Gasteiger partial charge in [-0.3, -0.25) is 0 Å². The minimum atomic E-state index is -0.339. The first kappa shape index (κ1) is 27.3. The van der Waals surface area contributed by atoms with Gasteiger partial charge in [0.25, 0.3) is 0 Å². The summed E-state index contributed by atoms with van der Waals surface area (Å²) in [5.74, 6) is 0.667. The van der Waals surface area contributed by atoms with Crippen molar-refractivity contribution < 1.29 is 20.4 Å². The molecule has 0 spiro atoms. The summed E-state index contributed by atoms with van der Waals surface area (Å²) in [4.78, 5) is 0. The van der Waals surface area contributed by atoms with Crippen LogP contribution in [-0.4, -0.2) is 20.4 Å². The SMILES string of the molecule is CC(C)(c1ccc(O)c(Cl)c1)c1ccc(O)c(Cl)c1.CC(C)(c1ccc(O)cc1)c1ccc(O)cc1. The number of hydrogen-bond donors (Lipinski definition) is 4. The molecule has 188 valence electrons. The molecular weight excluding hydrogens is 495 g/mol. The van der Waals surface area contributed by atoms with Crippen LogP contribution in [0.25, 0.3) is 0 Å². The minimum Gasteiger partial charge on any atom is -0.508 e. The lowest BCUT2D eigenvalue weighted by atomic mass is 9.78. The number of aromatic hydroxyl groups is 4. The maximum Gasteiger partial charge on any atom is 0.134 e. The second-order valence-corrected chi connectivity index (χ2v) is 10.5. The van der Waals surface area contributed by atoms with Gasteiger partial charge in [0.15, 0.2) is 0 Å². The van der Waals surface area contributed by atoms with Crippen LogP contribution in [0.15, 0.2) is 84.9 Å². The average Bonchev–Trinajstić information content (AvgIpc) is 2.83. The number of phenolic OH excluding ortho intramolecular Hbond substituents is 4. The Bertz CT molecular complexity index is 1230. The normalized spacial score (nSPS) is 11.5. The van der Waals surface area contributed by atoms with Crippen LogP contribution in [0.3, 0.4) is 0 Å². The van der Waals surface area contributed by atoms with E-state index in [1.807, 2.05) is 50.2 Å². The highest BCUT2D eigenvalue weighted by Gasteiger charge is 2.25. The lowest BCUT2D eigenvalue weighted by Crippen LogP contribution is -2.18. The van der Waals surface area contributed by atoms with E-state index in [1.165, 1.54) is 0 Å². The second-order valence-electron chi connectivity index (χ2n) is 9.68. The predicted molar refractivity (Wildman–Crippen MR) is 147 cm³/mol. The molecule has 4 nitrogen and oxygen atoms in total. The molecule has 0 aliphatic rings. The lowest BCUT2D eigenvalue weighted by molar-refractivity contribution is 0.473. The Morgan fingerprint density at radius 2 is 0.722 bits per heavy atom. The van der Waals surface area contributed by atoms with Crippen LogP contribution in [0.2, 0.25) is 10.0 Å². The van der Waals surface area contributed by atoms with E-state index in [9.17, 15) is 20.4 Å². The molecule has 0 amide bonds. The zero-order chi connectivity index (χ0) is 26.7. The van der Waals surface area contributed by atoms with Crippen molar-refractivity contribution in [1.29, 1.82) is 0 Å². The molecule has 0 atom stereocenters. The number of phenols is 4. The molecule has 0 unspecified atom stereocenters. The van der Waals surface area contributed by atoms with E-state index in [0.29, 0.717) is 10.0 Å². The molecule has 0 heterocycles. The van der Waals surface area contributed by atoms with Crippen molar-refractivity contribution in [3.63, 3.8) is 0 Å². The Morgan fingerprint density at radius 1 is 0.444 bits per heavy atom. The number of halogens is 2. The van der Waals surface area contributed by atoms with Crippen LogP contribution in [0.1, 0.15) is 49.9 Å². The van der Waals surface area contributed by atoms with Crippen molar-refractivity contribution in [2.45, 2.75) is 38.5 Å². The molecule has 4 aromatic carbocycles.